The van der Waals surface area contributed by atoms with Crippen molar-refractivity contribution in [3.63, 3.8) is 0 Å². The largest absolute Gasteiger partial charge is 0.483 e. The summed E-state index contributed by atoms with van der Waals surface area (Å²) in [7, 11) is 0. The van der Waals surface area contributed by atoms with Crippen LogP contribution in [0.5, 0.6) is 0 Å². The minimum Gasteiger partial charge on any atom is -0.483 e. The van der Waals surface area contributed by atoms with E-state index < -0.39 is 0 Å². The van der Waals surface area contributed by atoms with E-state index in [9.17, 15) is 5.11 Å². The number of carboxylic acid groups (broad SMARTS) is 1. The summed E-state index contributed by atoms with van der Waals surface area (Å²) in [6.07, 6.45) is 46.3. The van der Waals surface area contributed by atoms with Crippen LogP contribution in [0, 0.1) is 0 Å². The monoisotopic (exact) mass is 1040 g/mol. The Kier molecular flexibility index (Phi) is 60.8. The molecule has 0 saturated heterocycles. The molecule has 0 radical (unpaired) electrons. The molecule has 7 N–H and O–H groups in total. The van der Waals surface area contributed by atoms with Crippen LogP contribution >= 0.6 is 0 Å². The van der Waals surface area contributed by atoms with E-state index in [1.807, 2.05) is 27.0 Å². The predicted molar refractivity (Wildman–Crippen MR) is 261 cm³/mol. The molecule has 0 saturated carbocycles. The van der Waals surface area contributed by atoms with Crippen molar-refractivity contribution in [1.82, 2.24) is 9.91 Å². The smallest absolute Gasteiger partial charge is 0.290 e. The number of nitrogens with zero attached hydrogens (tertiary/aromatic N) is 2. The van der Waals surface area contributed by atoms with Gasteiger partial charge in [0.15, 0.2) is 0 Å². The fraction of sp³-hybridized carbons (Fsp3) is 0.941. The molecule has 0 aliphatic heterocycles. The van der Waals surface area contributed by atoms with Crippen LogP contribution in [0.3, 0.4) is 0 Å². The zero-order valence-corrected chi connectivity index (χ0v) is 44.6. The van der Waals surface area contributed by atoms with Crippen molar-refractivity contribution in [2.45, 2.75) is 272 Å². The second kappa shape index (κ2) is 55.4. The second-order valence-corrected chi connectivity index (χ2v) is 18.5. The van der Waals surface area contributed by atoms with Gasteiger partial charge in [-0.2, -0.15) is 0 Å². The summed E-state index contributed by atoms with van der Waals surface area (Å²) < 4.78 is 5.73. The number of hydrogen-bond acceptors (Lipinski definition) is 8. The van der Waals surface area contributed by atoms with Crippen LogP contribution in [0.2, 0.25) is 0 Å². The topological polar surface area (TPSA) is 146 Å². The second-order valence-electron chi connectivity index (χ2n) is 18.5. The number of ether oxygens (including phenoxy) is 1. The molecule has 10 heteroatoms. The maximum absolute atomic E-state index is 9.85. The van der Waals surface area contributed by atoms with Crippen molar-refractivity contribution in [3.05, 3.63) is 11.9 Å². The molecule has 0 spiro atoms. The molecule has 0 aliphatic carbocycles. The van der Waals surface area contributed by atoms with Gasteiger partial charge in [0.2, 0.25) is 0 Å². The van der Waals surface area contributed by atoms with Crippen molar-refractivity contribution < 1.29 is 45.9 Å². The number of rotatable bonds is 43. The van der Waals surface area contributed by atoms with Gasteiger partial charge in [-0.25, -0.2) is 5.84 Å². The van der Waals surface area contributed by atoms with Crippen molar-refractivity contribution in [2.24, 2.45) is 11.6 Å². The van der Waals surface area contributed by atoms with E-state index in [-0.39, 0.29) is 39.2 Å². The molecule has 0 unspecified atom stereocenters. The zero-order chi connectivity index (χ0) is 45.2. The Hall–Kier alpha value is -0.702. The van der Waals surface area contributed by atoms with Gasteiger partial charge in [0.05, 0.1) is 24.0 Å². The summed E-state index contributed by atoms with van der Waals surface area (Å²) >= 11 is 0. The standard InChI is InChI=1S/C33H70N4O2.C17H36O.CH2O2.W/c1-5-6-7-8-9-10-11-12-13-14-15-16-18-21-25-36(26-22-19-17-20-23-29-38)27-24-28-37(35)30-32(34)31-39-33(2,3)4;1-3-5-7-9-11-13-15-17(18)16-14-12-10-8-6-4-2;2-1-3;/h30,38H,5-29,31,34-35H2,1-4H3;17-18H,3-16H2,1-2H3;1H,(H,2,3);/b32-30-;;;. The van der Waals surface area contributed by atoms with E-state index in [2.05, 4.69) is 25.7 Å². The van der Waals surface area contributed by atoms with Crippen LogP contribution in [0.1, 0.15) is 260 Å². The maximum Gasteiger partial charge on any atom is 0.290 e. The van der Waals surface area contributed by atoms with Crippen molar-refractivity contribution in [1.29, 1.82) is 0 Å². The minimum absolute atomic E-state index is 0. The Morgan fingerprint density at radius 3 is 1.21 bits per heavy atom. The first-order valence-corrected chi connectivity index (χ1v) is 25.7. The van der Waals surface area contributed by atoms with E-state index in [0.717, 1.165) is 45.2 Å². The fourth-order valence-corrected chi connectivity index (χ4v) is 7.40. The van der Waals surface area contributed by atoms with Crippen LogP contribution in [0.25, 0.3) is 0 Å². The van der Waals surface area contributed by atoms with Gasteiger partial charge >= 0.3 is 0 Å². The van der Waals surface area contributed by atoms with Crippen molar-refractivity contribution in [3.8, 4) is 0 Å². The number of hydrogen-bond donors (Lipinski definition) is 5. The van der Waals surface area contributed by atoms with E-state index in [1.54, 1.807) is 5.01 Å². The third-order valence-electron chi connectivity index (χ3n) is 11.1. The van der Waals surface area contributed by atoms with Gasteiger partial charge in [0.25, 0.3) is 6.47 Å². The third kappa shape index (κ3) is 63.7. The third-order valence-corrected chi connectivity index (χ3v) is 11.1. The first-order chi connectivity index (χ1) is 29.0. The van der Waals surface area contributed by atoms with Gasteiger partial charge in [0.1, 0.15) is 0 Å². The molecule has 0 fully saturated rings. The molecule has 368 valence electrons. The molecule has 0 heterocycles. The Morgan fingerprint density at radius 1 is 0.557 bits per heavy atom. The van der Waals surface area contributed by atoms with Crippen LogP contribution in [-0.2, 0) is 30.6 Å². The number of nitrogens with two attached hydrogens (primary N) is 2. The van der Waals surface area contributed by atoms with Crippen LogP contribution < -0.4 is 11.6 Å². The number of hydrazine groups is 1. The van der Waals surface area contributed by atoms with E-state index in [1.165, 1.54) is 199 Å². The first-order valence-electron chi connectivity index (χ1n) is 25.7. The summed E-state index contributed by atoms with van der Waals surface area (Å²) in [6.45, 7) is 17.6. The summed E-state index contributed by atoms with van der Waals surface area (Å²) in [5.41, 5.74) is 6.54. The molecule has 9 nitrogen and oxygen atoms in total. The van der Waals surface area contributed by atoms with E-state index >= 15 is 0 Å². The maximum atomic E-state index is 9.85. The molecule has 61 heavy (non-hydrogen) atoms. The van der Waals surface area contributed by atoms with Gasteiger partial charge in [-0.1, -0.05) is 201 Å². The molecular formula is C51H108N4O5W. The molecular weight excluding hydrogens is 932 g/mol. The van der Waals surface area contributed by atoms with Gasteiger partial charge in [0, 0.05) is 40.4 Å². The molecule has 0 aromatic heterocycles. The number of unbranched alkanes of at least 4 members (excludes halogenated alkanes) is 27. The molecule has 0 aromatic carbocycles. The Morgan fingerprint density at radius 2 is 0.869 bits per heavy atom. The summed E-state index contributed by atoms with van der Waals surface area (Å²) in [4.78, 5) is 11.0. The Labute approximate surface area is 395 Å². The Balaban J connectivity index is -0.000000615. The van der Waals surface area contributed by atoms with E-state index in [0.29, 0.717) is 18.9 Å². The van der Waals surface area contributed by atoms with Crippen LogP contribution in [0.4, 0.5) is 0 Å². The van der Waals surface area contributed by atoms with Gasteiger partial charge in [-0.05, 0) is 78.9 Å². The number of aliphatic hydroxyl groups is 2. The molecule has 0 aromatic rings. The van der Waals surface area contributed by atoms with Gasteiger partial charge < -0.3 is 35.7 Å². The quantitative estimate of drug-likeness (QED) is 0.0174. The number of aliphatic hydroxyl groups excluding tert-OH is 2. The SMILES string of the molecule is CCCCCCCCC(O)CCCCCCCC.CCCCCCCCCCCCCCCCN(CCCCCCCO)CCCN(N)/C=C(\N)COC(C)(C)C.O=CO.[W]. The fourth-order valence-electron chi connectivity index (χ4n) is 7.40. The zero-order valence-electron chi connectivity index (χ0n) is 41.6. The van der Waals surface area contributed by atoms with Gasteiger partial charge in [-0.15, -0.1) is 0 Å². The molecule has 0 aliphatic rings. The Bertz CT molecular complexity index is 832. The molecule has 0 amide bonds. The summed E-state index contributed by atoms with van der Waals surface area (Å²) in [5, 5.41) is 27.4. The normalized spacial score (nSPS) is 11.6. The molecule has 0 atom stereocenters. The van der Waals surface area contributed by atoms with Crippen LogP contribution in [0.15, 0.2) is 11.9 Å². The summed E-state index contributed by atoms with van der Waals surface area (Å²) in [6, 6.07) is 0. The van der Waals surface area contributed by atoms with Crippen molar-refractivity contribution in [2.75, 3.05) is 39.4 Å². The average Bonchev–Trinajstić information content (AvgIpc) is 3.21. The molecule has 0 rings (SSSR count). The predicted octanol–water partition coefficient (Wildman–Crippen LogP) is 13.4. The first kappa shape index (κ1) is 66.9. The summed E-state index contributed by atoms with van der Waals surface area (Å²) in [5.74, 6) is 6.18. The minimum atomic E-state index is -0.250. The van der Waals surface area contributed by atoms with Crippen molar-refractivity contribution >= 4 is 6.47 Å². The number of carbonyl (C=O) groups is 1. The van der Waals surface area contributed by atoms with E-state index in [4.69, 9.17) is 31.3 Å². The van der Waals surface area contributed by atoms with Gasteiger partial charge in [-0.3, -0.25) is 4.79 Å². The average molecular weight is 1040 g/mol. The molecule has 0 bridgehead atoms. The van der Waals surface area contributed by atoms with Crippen LogP contribution in [-0.4, -0.2) is 82.8 Å².